The van der Waals surface area contributed by atoms with Gasteiger partial charge in [-0.05, 0) is 30.7 Å². The van der Waals surface area contributed by atoms with Gasteiger partial charge in [0.05, 0.1) is 23.2 Å². The second-order valence-corrected chi connectivity index (χ2v) is 7.21. The van der Waals surface area contributed by atoms with Gasteiger partial charge < -0.3 is 4.74 Å². The molecule has 0 bridgehead atoms. The minimum absolute atomic E-state index is 0.194. The molecule has 24 heavy (non-hydrogen) atoms. The quantitative estimate of drug-likeness (QED) is 0.774. The van der Waals surface area contributed by atoms with Gasteiger partial charge in [-0.3, -0.25) is 14.7 Å². The first-order chi connectivity index (χ1) is 11.9. The molecule has 7 heteroatoms. The summed E-state index contributed by atoms with van der Waals surface area (Å²) in [6, 6.07) is 8.35. The van der Waals surface area contributed by atoms with Crippen molar-refractivity contribution in [1.82, 2.24) is 24.9 Å². The summed E-state index contributed by atoms with van der Waals surface area (Å²) < 4.78 is 7.95. The van der Waals surface area contributed by atoms with Crippen LogP contribution in [0.25, 0.3) is 10.6 Å². The van der Waals surface area contributed by atoms with Crippen molar-refractivity contribution in [3.63, 3.8) is 0 Å². The summed E-state index contributed by atoms with van der Waals surface area (Å²) >= 11 is 1.83. The van der Waals surface area contributed by atoms with Gasteiger partial charge in [-0.2, -0.15) is 10.2 Å². The number of aromatic nitrogens is 4. The number of nitrogens with zero attached hydrogens (tertiary/aromatic N) is 4. The molecule has 1 saturated heterocycles. The number of nitrogens with one attached hydrogen (secondary N) is 1. The van der Waals surface area contributed by atoms with Gasteiger partial charge in [0.15, 0.2) is 0 Å². The van der Waals surface area contributed by atoms with Crippen molar-refractivity contribution >= 4 is 11.3 Å². The summed E-state index contributed by atoms with van der Waals surface area (Å²) in [4.78, 5) is 5.10. The highest BCUT2D eigenvalue weighted by molar-refractivity contribution is 7.15. The lowest BCUT2D eigenvalue weighted by atomic mass is 10.3. The van der Waals surface area contributed by atoms with Gasteiger partial charge in [-0.15, -0.1) is 11.3 Å². The Morgan fingerprint density at radius 2 is 2.29 bits per heavy atom. The standard InChI is InChI=1S/C17H21N5OS/c1-6-19-22(9-1)12-14-11-21(8-2-10-23-14)13-15-3-4-17(24-15)16-5-7-18-20-16/h1,3-7,9,14H,2,8,10-13H2,(H,18,20)/t14-/m0/s1. The zero-order valence-corrected chi connectivity index (χ0v) is 14.3. The van der Waals surface area contributed by atoms with Crippen LogP contribution in [0.4, 0.5) is 0 Å². The van der Waals surface area contributed by atoms with Crippen LogP contribution in [0.5, 0.6) is 0 Å². The number of aromatic amines is 1. The molecule has 3 aromatic heterocycles. The molecule has 1 aliphatic rings. The first-order valence-electron chi connectivity index (χ1n) is 8.27. The van der Waals surface area contributed by atoms with Crippen LogP contribution in [0.1, 0.15) is 11.3 Å². The van der Waals surface area contributed by atoms with Gasteiger partial charge in [0, 0.05) is 49.7 Å². The van der Waals surface area contributed by atoms with Crippen molar-refractivity contribution in [2.24, 2.45) is 0 Å². The van der Waals surface area contributed by atoms with Crippen LogP contribution >= 0.6 is 11.3 Å². The molecule has 0 radical (unpaired) electrons. The predicted molar refractivity (Wildman–Crippen MR) is 93.8 cm³/mol. The zero-order chi connectivity index (χ0) is 16.2. The highest BCUT2D eigenvalue weighted by atomic mass is 32.1. The third-order valence-electron chi connectivity index (χ3n) is 4.19. The first-order valence-corrected chi connectivity index (χ1v) is 9.08. The molecule has 6 nitrogen and oxygen atoms in total. The van der Waals surface area contributed by atoms with E-state index in [1.165, 1.54) is 9.75 Å². The normalized spacial score (nSPS) is 19.4. The molecule has 3 aromatic rings. The Labute approximate surface area is 145 Å². The Balaban J connectivity index is 1.39. The van der Waals surface area contributed by atoms with Crippen molar-refractivity contribution in [3.8, 4) is 10.6 Å². The SMILES string of the molecule is c1cnn(C[C@@H]2CN(Cc3ccc(-c4ccn[nH]4)s3)CCCO2)c1. The molecule has 0 unspecified atom stereocenters. The van der Waals surface area contributed by atoms with Gasteiger partial charge in [-0.1, -0.05) is 0 Å². The Morgan fingerprint density at radius 1 is 1.29 bits per heavy atom. The molecule has 0 spiro atoms. The summed E-state index contributed by atoms with van der Waals surface area (Å²) in [5.41, 5.74) is 1.09. The maximum atomic E-state index is 6.00. The van der Waals surface area contributed by atoms with E-state index >= 15 is 0 Å². The van der Waals surface area contributed by atoms with Gasteiger partial charge in [-0.25, -0.2) is 0 Å². The van der Waals surface area contributed by atoms with Crippen LogP contribution in [-0.4, -0.2) is 50.7 Å². The Bertz CT molecular complexity index is 737. The Kier molecular flexibility index (Phi) is 4.73. The van der Waals surface area contributed by atoms with E-state index in [4.69, 9.17) is 4.74 Å². The molecular weight excluding hydrogens is 322 g/mol. The fourth-order valence-electron chi connectivity index (χ4n) is 3.06. The minimum Gasteiger partial charge on any atom is -0.375 e. The fourth-order valence-corrected chi connectivity index (χ4v) is 4.09. The average molecular weight is 343 g/mol. The molecule has 4 rings (SSSR count). The molecule has 0 aromatic carbocycles. The van der Waals surface area contributed by atoms with Gasteiger partial charge >= 0.3 is 0 Å². The first kappa shape index (κ1) is 15.6. The molecule has 0 amide bonds. The van der Waals surface area contributed by atoms with Crippen molar-refractivity contribution < 1.29 is 4.74 Å². The van der Waals surface area contributed by atoms with Gasteiger partial charge in [0.2, 0.25) is 0 Å². The van der Waals surface area contributed by atoms with Crippen molar-refractivity contribution in [3.05, 3.63) is 47.7 Å². The second kappa shape index (κ2) is 7.29. The third kappa shape index (κ3) is 3.75. The highest BCUT2D eigenvalue weighted by Gasteiger charge is 2.20. The number of ether oxygens (including phenoxy) is 1. The van der Waals surface area contributed by atoms with Crippen LogP contribution in [0.2, 0.25) is 0 Å². The number of rotatable bonds is 5. The van der Waals surface area contributed by atoms with E-state index in [9.17, 15) is 0 Å². The lowest BCUT2D eigenvalue weighted by Gasteiger charge is -2.23. The lowest BCUT2D eigenvalue weighted by Crippen LogP contribution is -2.33. The van der Waals surface area contributed by atoms with Gasteiger partial charge in [0.1, 0.15) is 0 Å². The van der Waals surface area contributed by atoms with Crippen molar-refractivity contribution in [1.29, 1.82) is 0 Å². The van der Waals surface area contributed by atoms with E-state index < -0.39 is 0 Å². The summed E-state index contributed by atoms with van der Waals surface area (Å²) in [7, 11) is 0. The van der Waals surface area contributed by atoms with E-state index in [-0.39, 0.29) is 6.10 Å². The molecule has 4 heterocycles. The summed E-state index contributed by atoms with van der Waals surface area (Å²) in [5, 5.41) is 11.3. The Hall–Kier alpha value is -1.96. The zero-order valence-electron chi connectivity index (χ0n) is 13.5. The summed E-state index contributed by atoms with van der Waals surface area (Å²) in [6.45, 7) is 4.63. The van der Waals surface area contributed by atoms with E-state index in [0.29, 0.717) is 0 Å². The maximum absolute atomic E-state index is 6.00. The van der Waals surface area contributed by atoms with Crippen molar-refractivity contribution in [2.45, 2.75) is 25.6 Å². The number of thiophene rings is 1. The summed E-state index contributed by atoms with van der Waals surface area (Å²) in [5.74, 6) is 0. The molecular formula is C17H21N5OS. The predicted octanol–water partition coefficient (Wildman–Crippen LogP) is 2.63. The van der Waals surface area contributed by atoms with E-state index in [1.807, 2.05) is 40.5 Å². The fraction of sp³-hybridized carbons (Fsp3) is 0.412. The average Bonchev–Trinajstić information content (AvgIpc) is 3.30. The summed E-state index contributed by atoms with van der Waals surface area (Å²) in [6.07, 6.45) is 6.88. The molecule has 0 aliphatic carbocycles. The van der Waals surface area contributed by atoms with Gasteiger partial charge in [0.25, 0.3) is 0 Å². The van der Waals surface area contributed by atoms with Crippen LogP contribution < -0.4 is 0 Å². The lowest BCUT2D eigenvalue weighted by molar-refractivity contribution is 0.0392. The number of H-pyrrole nitrogens is 1. The molecule has 1 aliphatic heterocycles. The number of hydrogen-bond acceptors (Lipinski definition) is 5. The second-order valence-electron chi connectivity index (χ2n) is 6.05. The van der Waals surface area contributed by atoms with Crippen LogP contribution in [0, 0.1) is 0 Å². The molecule has 126 valence electrons. The van der Waals surface area contributed by atoms with E-state index in [1.54, 1.807) is 6.20 Å². The van der Waals surface area contributed by atoms with Crippen LogP contribution in [-0.2, 0) is 17.8 Å². The third-order valence-corrected chi connectivity index (χ3v) is 5.29. The van der Waals surface area contributed by atoms with Crippen molar-refractivity contribution in [2.75, 3.05) is 19.7 Å². The van der Waals surface area contributed by atoms with E-state index in [2.05, 4.69) is 32.3 Å². The smallest absolute Gasteiger partial charge is 0.0897 e. The molecule has 1 atom stereocenters. The Morgan fingerprint density at radius 3 is 3.12 bits per heavy atom. The molecule has 1 N–H and O–H groups in total. The van der Waals surface area contributed by atoms with E-state index in [0.717, 1.165) is 44.9 Å². The number of hydrogen-bond donors (Lipinski definition) is 1. The molecule has 1 fully saturated rings. The highest BCUT2D eigenvalue weighted by Crippen LogP contribution is 2.27. The van der Waals surface area contributed by atoms with Crippen LogP contribution in [0.15, 0.2) is 42.9 Å². The topological polar surface area (TPSA) is 59.0 Å². The monoisotopic (exact) mass is 343 g/mol. The van der Waals surface area contributed by atoms with Crippen LogP contribution in [0.3, 0.4) is 0 Å². The largest absolute Gasteiger partial charge is 0.375 e. The minimum atomic E-state index is 0.194. The maximum Gasteiger partial charge on any atom is 0.0897 e. The molecule has 0 saturated carbocycles.